The smallest absolute Gasteiger partial charge is 0.124 e. The third-order valence-corrected chi connectivity index (χ3v) is 2.27. The summed E-state index contributed by atoms with van der Waals surface area (Å²) < 4.78 is 5.65. The number of pyridine rings is 1. The van der Waals surface area contributed by atoms with Gasteiger partial charge in [-0.2, -0.15) is 0 Å². The largest absolute Gasteiger partial charge is 0.491 e. The SMILES string of the molecule is CC(C)Oc1cccc(-c2cccc(N)n2)c1. The number of hydrogen-bond acceptors (Lipinski definition) is 3. The molecule has 0 unspecified atom stereocenters. The van der Waals surface area contributed by atoms with Crippen molar-refractivity contribution >= 4 is 5.82 Å². The van der Waals surface area contributed by atoms with Crippen LogP contribution in [-0.2, 0) is 0 Å². The number of aromatic nitrogens is 1. The van der Waals surface area contributed by atoms with E-state index in [9.17, 15) is 0 Å². The lowest BCUT2D eigenvalue weighted by Gasteiger charge is -2.10. The molecule has 0 saturated carbocycles. The Bertz CT molecular complexity index is 509. The topological polar surface area (TPSA) is 48.1 Å². The molecule has 0 aliphatic heterocycles. The average molecular weight is 228 g/mol. The van der Waals surface area contributed by atoms with E-state index in [0.717, 1.165) is 17.0 Å². The molecule has 0 amide bonds. The van der Waals surface area contributed by atoms with E-state index in [4.69, 9.17) is 10.5 Å². The van der Waals surface area contributed by atoms with Gasteiger partial charge < -0.3 is 10.5 Å². The zero-order valence-electron chi connectivity index (χ0n) is 10.1. The molecule has 0 aliphatic rings. The van der Waals surface area contributed by atoms with Crippen molar-refractivity contribution in [3.8, 4) is 17.0 Å². The molecule has 0 atom stereocenters. The van der Waals surface area contributed by atoms with E-state index in [1.807, 2.05) is 50.2 Å². The van der Waals surface area contributed by atoms with E-state index >= 15 is 0 Å². The second-order valence-electron chi connectivity index (χ2n) is 4.14. The van der Waals surface area contributed by atoms with Crippen LogP contribution in [0.3, 0.4) is 0 Å². The van der Waals surface area contributed by atoms with E-state index in [0.29, 0.717) is 5.82 Å². The lowest BCUT2D eigenvalue weighted by molar-refractivity contribution is 0.242. The van der Waals surface area contributed by atoms with Gasteiger partial charge >= 0.3 is 0 Å². The highest BCUT2D eigenvalue weighted by Gasteiger charge is 2.03. The molecule has 1 heterocycles. The molecule has 1 aromatic carbocycles. The maximum atomic E-state index is 5.67. The van der Waals surface area contributed by atoms with E-state index in [1.54, 1.807) is 6.07 Å². The zero-order valence-corrected chi connectivity index (χ0v) is 10.1. The van der Waals surface area contributed by atoms with Gasteiger partial charge in [-0.3, -0.25) is 0 Å². The molecule has 3 nitrogen and oxygen atoms in total. The molecule has 88 valence electrons. The highest BCUT2D eigenvalue weighted by molar-refractivity contribution is 5.62. The summed E-state index contributed by atoms with van der Waals surface area (Å²) in [4.78, 5) is 4.29. The number of benzene rings is 1. The van der Waals surface area contributed by atoms with Crippen LogP contribution in [0.4, 0.5) is 5.82 Å². The highest BCUT2D eigenvalue weighted by atomic mass is 16.5. The maximum Gasteiger partial charge on any atom is 0.124 e. The zero-order chi connectivity index (χ0) is 12.3. The van der Waals surface area contributed by atoms with Gasteiger partial charge in [0.2, 0.25) is 0 Å². The van der Waals surface area contributed by atoms with Gasteiger partial charge in [-0.25, -0.2) is 4.98 Å². The van der Waals surface area contributed by atoms with Crippen molar-refractivity contribution in [3.05, 3.63) is 42.5 Å². The Labute approximate surface area is 101 Å². The van der Waals surface area contributed by atoms with Gasteiger partial charge in [0, 0.05) is 5.56 Å². The summed E-state index contributed by atoms with van der Waals surface area (Å²) in [6, 6.07) is 13.5. The third kappa shape index (κ3) is 2.97. The molecule has 2 N–H and O–H groups in total. The number of rotatable bonds is 3. The van der Waals surface area contributed by atoms with E-state index in [-0.39, 0.29) is 6.10 Å². The van der Waals surface area contributed by atoms with Crippen LogP contribution >= 0.6 is 0 Å². The monoisotopic (exact) mass is 228 g/mol. The van der Waals surface area contributed by atoms with Crippen molar-refractivity contribution in [2.24, 2.45) is 0 Å². The van der Waals surface area contributed by atoms with E-state index in [1.165, 1.54) is 0 Å². The van der Waals surface area contributed by atoms with Crippen molar-refractivity contribution in [1.82, 2.24) is 4.98 Å². The lowest BCUT2D eigenvalue weighted by Crippen LogP contribution is -2.05. The Kier molecular flexibility index (Phi) is 3.28. The van der Waals surface area contributed by atoms with Gasteiger partial charge in [0.15, 0.2) is 0 Å². The Hall–Kier alpha value is -2.03. The molecule has 2 aromatic rings. The summed E-state index contributed by atoms with van der Waals surface area (Å²) in [5.74, 6) is 1.37. The third-order valence-electron chi connectivity index (χ3n) is 2.27. The minimum absolute atomic E-state index is 0.166. The second-order valence-corrected chi connectivity index (χ2v) is 4.14. The molecule has 0 aliphatic carbocycles. The molecule has 0 bridgehead atoms. The molecule has 0 radical (unpaired) electrons. The summed E-state index contributed by atoms with van der Waals surface area (Å²) in [5, 5.41) is 0. The van der Waals surface area contributed by atoms with Gasteiger partial charge in [-0.1, -0.05) is 18.2 Å². The molecule has 2 rings (SSSR count). The number of ether oxygens (including phenoxy) is 1. The predicted molar refractivity (Wildman–Crippen MR) is 69.8 cm³/mol. The number of nitrogens with zero attached hydrogens (tertiary/aromatic N) is 1. The Balaban J connectivity index is 2.33. The summed E-state index contributed by atoms with van der Waals surface area (Å²) in [6.07, 6.45) is 0.166. The molecule has 0 saturated heterocycles. The number of anilines is 1. The first-order valence-corrected chi connectivity index (χ1v) is 5.65. The first-order valence-electron chi connectivity index (χ1n) is 5.65. The van der Waals surface area contributed by atoms with Crippen LogP contribution in [-0.4, -0.2) is 11.1 Å². The summed E-state index contributed by atoms with van der Waals surface area (Å²) in [6.45, 7) is 4.01. The molecule has 1 aromatic heterocycles. The quantitative estimate of drug-likeness (QED) is 0.878. The Morgan fingerprint density at radius 3 is 2.59 bits per heavy atom. The van der Waals surface area contributed by atoms with Crippen LogP contribution in [0.15, 0.2) is 42.5 Å². The van der Waals surface area contributed by atoms with Gasteiger partial charge in [0.1, 0.15) is 11.6 Å². The van der Waals surface area contributed by atoms with Crippen molar-refractivity contribution in [2.45, 2.75) is 20.0 Å². The van der Waals surface area contributed by atoms with Gasteiger partial charge in [-0.15, -0.1) is 0 Å². The van der Waals surface area contributed by atoms with Gasteiger partial charge in [0.05, 0.1) is 11.8 Å². The molecular weight excluding hydrogens is 212 g/mol. The number of nitrogen functional groups attached to an aromatic ring is 1. The maximum absolute atomic E-state index is 5.67. The predicted octanol–water partition coefficient (Wildman–Crippen LogP) is 3.12. The van der Waals surface area contributed by atoms with Gasteiger partial charge in [-0.05, 0) is 38.1 Å². The summed E-state index contributed by atoms with van der Waals surface area (Å²) in [7, 11) is 0. The Morgan fingerprint density at radius 2 is 1.88 bits per heavy atom. The number of nitrogens with two attached hydrogens (primary N) is 1. The minimum Gasteiger partial charge on any atom is -0.491 e. The fourth-order valence-electron chi connectivity index (χ4n) is 1.61. The van der Waals surface area contributed by atoms with Crippen molar-refractivity contribution in [2.75, 3.05) is 5.73 Å². The fraction of sp³-hybridized carbons (Fsp3) is 0.214. The van der Waals surface area contributed by atoms with Gasteiger partial charge in [0.25, 0.3) is 0 Å². The highest BCUT2D eigenvalue weighted by Crippen LogP contribution is 2.23. The van der Waals surface area contributed by atoms with Crippen molar-refractivity contribution in [3.63, 3.8) is 0 Å². The second kappa shape index (κ2) is 4.87. The molecule has 0 spiro atoms. The van der Waals surface area contributed by atoms with Crippen LogP contribution in [0.25, 0.3) is 11.3 Å². The Morgan fingerprint density at radius 1 is 1.12 bits per heavy atom. The first-order chi connectivity index (χ1) is 8.15. The van der Waals surface area contributed by atoms with Crippen LogP contribution in [0.5, 0.6) is 5.75 Å². The lowest BCUT2D eigenvalue weighted by atomic mass is 10.1. The summed E-state index contributed by atoms with van der Waals surface area (Å²) in [5.41, 5.74) is 7.54. The van der Waals surface area contributed by atoms with Crippen LogP contribution in [0, 0.1) is 0 Å². The molecule has 17 heavy (non-hydrogen) atoms. The molecule has 0 fully saturated rings. The average Bonchev–Trinajstić information content (AvgIpc) is 2.28. The normalized spacial score (nSPS) is 10.5. The molecule has 3 heteroatoms. The van der Waals surface area contributed by atoms with E-state index in [2.05, 4.69) is 4.98 Å². The van der Waals surface area contributed by atoms with Crippen molar-refractivity contribution in [1.29, 1.82) is 0 Å². The van der Waals surface area contributed by atoms with Crippen LogP contribution in [0.2, 0.25) is 0 Å². The standard InChI is InChI=1S/C14H16N2O/c1-10(2)17-12-6-3-5-11(9-12)13-7-4-8-14(15)16-13/h3-10H,1-2H3,(H2,15,16). The van der Waals surface area contributed by atoms with Crippen LogP contribution < -0.4 is 10.5 Å². The minimum atomic E-state index is 0.166. The van der Waals surface area contributed by atoms with Crippen LogP contribution in [0.1, 0.15) is 13.8 Å². The fourth-order valence-corrected chi connectivity index (χ4v) is 1.61. The first kappa shape index (κ1) is 11.5. The number of hydrogen-bond donors (Lipinski definition) is 1. The van der Waals surface area contributed by atoms with Crippen molar-refractivity contribution < 1.29 is 4.74 Å². The molecular formula is C14H16N2O. The summed E-state index contributed by atoms with van der Waals surface area (Å²) >= 11 is 0. The van der Waals surface area contributed by atoms with E-state index < -0.39 is 0 Å².